The minimum Gasteiger partial charge on any atom is -0.395 e. The largest absolute Gasteiger partial charge is 0.395 e. The third kappa shape index (κ3) is 18.4. The molecule has 1 saturated carbocycles. The molecule has 4 aromatic heterocycles. The number of carbonyl (C=O) groups excluding carboxylic acids is 2. The van der Waals surface area contributed by atoms with Crippen molar-refractivity contribution in [2.24, 2.45) is 10.8 Å². The lowest BCUT2D eigenvalue weighted by molar-refractivity contribution is -0.131. The van der Waals surface area contributed by atoms with Gasteiger partial charge in [0.25, 0.3) is 0 Å². The van der Waals surface area contributed by atoms with Crippen molar-refractivity contribution >= 4 is 72.4 Å². The molecular weight excluding hydrogens is 997 g/mol. The summed E-state index contributed by atoms with van der Waals surface area (Å²) >= 11 is 0. The van der Waals surface area contributed by atoms with Gasteiger partial charge in [-0.3, -0.25) is 9.59 Å². The van der Waals surface area contributed by atoms with E-state index in [0.717, 1.165) is 123 Å². The predicted molar refractivity (Wildman–Crippen MR) is 313 cm³/mol. The quantitative estimate of drug-likeness (QED) is 0.0326. The van der Waals surface area contributed by atoms with Crippen molar-refractivity contribution in [2.75, 3.05) is 69.8 Å². The molecule has 2 aliphatic carbocycles. The van der Waals surface area contributed by atoms with Crippen molar-refractivity contribution in [3.8, 4) is 0 Å². The highest BCUT2D eigenvalue weighted by Gasteiger charge is 2.40. The zero-order chi connectivity index (χ0) is 54.5. The summed E-state index contributed by atoms with van der Waals surface area (Å²) in [6.07, 6.45) is 12.2. The molecule has 414 valence electrons. The summed E-state index contributed by atoms with van der Waals surface area (Å²) in [6, 6.07) is 12.6. The van der Waals surface area contributed by atoms with Crippen LogP contribution in [0.2, 0.25) is 103 Å². The number of hydrogen-bond acceptors (Lipinski definition) is 13. The van der Waals surface area contributed by atoms with Crippen LogP contribution in [0.1, 0.15) is 89.4 Å². The summed E-state index contributed by atoms with van der Waals surface area (Å²) in [5.41, 5.74) is 3.94. The van der Waals surface area contributed by atoms with Gasteiger partial charge in [-0.15, -0.1) is 0 Å². The number of hydrogen-bond donors (Lipinski definition) is 1. The molecule has 1 N–H and O–H groups in total. The molecule has 6 rings (SSSR count). The summed E-state index contributed by atoms with van der Waals surface area (Å²) in [6.45, 7) is 38.5. The number of carbonyl (C=O) groups is 2. The highest BCUT2D eigenvalue weighted by Crippen LogP contribution is 2.44. The van der Waals surface area contributed by atoms with Gasteiger partial charge in [0, 0.05) is 100 Å². The number of fused-ring (bicyclic) bond motifs is 2. The Morgan fingerprint density at radius 3 is 1.42 bits per heavy atom. The van der Waals surface area contributed by atoms with Gasteiger partial charge in [-0.05, 0) is 95.0 Å². The van der Waals surface area contributed by atoms with Crippen molar-refractivity contribution in [3.63, 3.8) is 0 Å². The Labute approximate surface area is 448 Å². The molecule has 74 heavy (non-hydrogen) atoms. The van der Waals surface area contributed by atoms with Gasteiger partial charge in [-0.25, -0.2) is 9.97 Å². The summed E-state index contributed by atoms with van der Waals surface area (Å²) in [7, 11) is -4.73. The Balaban J connectivity index is 0.000000274. The predicted octanol–water partition coefficient (Wildman–Crippen LogP) is 12.1. The Morgan fingerprint density at radius 1 is 0.635 bits per heavy atom. The van der Waals surface area contributed by atoms with Gasteiger partial charge in [-0.2, -0.15) is 19.2 Å². The average Bonchev–Trinajstić information content (AvgIpc) is 4.02. The van der Waals surface area contributed by atoms with Crippen LogP contribution >= 0.6 is 0 Å². The second-order valence-electron chi connectivity index (χ2n) is 26.1. The van der Waals surface area contributed by atoms with Gasteiger partial charge in [-0.1, -0.05) is 91.6 Å². The van der Waals surface area contributed by atoms with Crippen molar-refractivity contribution < 1.29 is 33.6 Å². The van der Waals surface area contributed by atoms with E-state index in [4.69, 9.17) is 28.9 Å². The summed E-state index contributed by atoms with van der Waals surface area (Å²) in [4.78, 5) is 38.7. The van der Waals surface area contributed by atoms with Crippen LogP contribution in [-0.4, -0.2) is 138 Å². The summed E-state index contributed by atoms with van der Waals surface area (Å²) in [5, 5.41) is 19.1. The monoisotopic (exact) mass is 1090 g/mol. The normalized spacial score (nSPS) is 19.8. The Bertz CT molecular complexity index is 2400. The second kappa shape index (κ2) is 26.8. The van der Waals surface area contributed by atoms with Gasteiger partial charge in [0.15, 0.2) is 11.3 Å². The second-order valence-corrected chi connectivity index (χ2v) is 48.6. The molecule has 0 bridgehead atoms. The molecule has 15 nitrogen and oxygen atoms in total. The van der Waals surface area contributed by atoms with Crippen molar-refractivity contribution in [2.45, 2.75) is 181 Å². The zero-order valence-electron chi connectivity index (χ0n) is 48.4. The lowest BCUT2D eigenvalue weighted by Crippen LogP contribution is -2.37. The Hall–Kier alpha value is -3.41. The maximum atomic E-state index is 12.4. The van der Waals surface area contributed by atoms with Crippen LogP contribution in [0.15, 0.2) is 42.7 Å². The van der Waals surface area contributed by atoms with Crippen LogP contribution in [0.5, 0.6) is 0 Å². The summed E-state index contributed by atoms with van der Waals surface area (Å²) in [5.74, 6) is 2.45. The first-order valence-electron chi connectivity index (χ1n) is 27.5. The number of rotatable bonds is 28. The van der Waals surface area contributed by atoms with Gasteiger partial charge in [0.1, 0.15) is 50.1 Å². The number of allylic oxidation sites excluding steroid dienone is 2. The van der Waals surface area contributed by atoms with E-state index in [1.54, 1.807) is 26.2 Å². The molecule has 2 aliphatic rings. The first kappa shape index (κ1) is 61.4. The highest BCUT2D eigenvalue weighted by atomic mass is 28.3. The molecule has 0 aromatic carbocycles. The molecule has 19 heteroatoms. The van der Waals surface area contributed by atoms with Gasteiger partial charge >= 0.3 is 0 Å². The number of anilines is 2. The fraction of sp³-hybridized carbons (Fsp3) is 0.709. The van der Waals surface area contributed by atoms with Crippen molar-refractivity contribution in [1.29, 1.82) is 0 Å². The molecule has 1 atom stereocenters. The standard InChI is InChI=1S/C28H48N4O3Si2.C27H48N4O4Si2/c1-9-28(23(2)33)13-10-24(11-14-28)25-20-27(32-26(30-25)12-15-29-32)31(21-34-16-18-36(3,4)5)22-35-17-19-37(6,7)8;1-22(33)27(19-32)11-8-23(9-12-27)24-18-26(31-25(29-24)10-13-28-31)30(20-34-14-16-36(2,3)4)21-35-15-17-37(5,6)7/h10,12,15,20H,9,11,13-14,16-19,21-22H2,1-8H3;10,13,18,23,32H,8-9,11-12,14-17,19-21H2,1-7H3. The third-order valence-electron chi connectivity index (χ3n) is 15.1. The molecule has 0 spiro atoms. The number of ketones is 2. The van der Waals surface area contributed by atoms with E-state index in [-0.39, 0.29) is 23.7 Å². The van der Waals surface area contributed by atoms with E-state index < -0.39 is 37.7 Å². The SMILES string of the molecule is CC(=O)C1(CO)CCC(c2cc(N(COCC[Si](C)(C)C)COCC[Si](C)(C)C)n3nccc3n2)CC1.CCC1(C(C)=O)CC=C(c2cc(N(COCC[Si](C)(C)C)COCC[Si](C)(C)C)n3nccc3n2)CC1. The van der Waals surface area contributed by atoms with Crippen LogP contribution in [0, 0.1) is 10.8 Å². The minimum absolute atomic E-state index is 0.0767. The number of ether oxygens (including phenoxy) is 4. The van der Waals surface area contributed by atoms with Gasteiger partial charge in [0.05, 0.1) is 30.1 Å². The molecule has 1 fully saturated rings. The molecule has 1 unspecified atom stereocenters. The molecule has 4 heterocycles. The van der Waals surface area contributed by atoms with Crippen LogP contribution in [0.4, 0.5) is 11.6 Å². The topological polar surface area (TPSA) is 158 Å². The smallest absolute Gasteiger partial charge is 0.157 e. The molecule has 4 aromatic rings. The van der Waals surface area contributed by atoms with E-state index in [1.807, 2.05) is 21.2 Å². The maximum Gasteiger partial charge on any atom is 0.157 e. The average molecular weight is 1090 g/mol. The first-order valence-corrected chi connectivity index (χ1v) is 42.3. The van der Waals surface area contributed by atoms with E-state index in [9.17, 15) is 14.7 Å². The van der Waals surface area contributed by atoms with Crippen molar-refractivity contribution in [1.82, 2.24) is 29.2 Å². The number of nitrogens with zero attached hydrogens (tertiary/aromatic N) is 8. The van der Waals surface area contributed by atoms with E-state index in [1.165, 1.54) is 5.57 Å². The first-order chi connectivity index (χ1) is 34.7. The van der Waals surface area contributed by atoms with Crippen LogP contribution in [0.25, 0.3) is 16.9 Å². The van der Waals surface area contributed by atoms with E-state index >= 15 is 0 Å². The fourth-order valence-electron chi connectivity index (χ4n) is 9.29. The summed E-state index contributed by atoms with van der Waals surface area (Å²) < 4.78 is 28.4. The molecule has 0 radical (unpaired) electrons. The van der Waals surface area contributed by atoms with Crippen molar-refractivity contribution in [3.05, 3.63) is 54.1 Å². The highest BCUT2D eigenvalue weighted by molar-refractivity contribution is 6.77. The zero-order valence-corrected chi connectivity index (χ0v) is 52.4. The lowest BCUT2D eigenvalue weighted by Gasteiger charge is -2.37. The fourth-order valence-corrected chi connectivity index (χ4v) is 12.3. The number of aromatic nitrogens is 6. The van der Waals surface area contributed by atoms with Crippen LogP contribution in [0.3, 0.4) is 0 Å². The lowest BCUT2D eigenvalue weighted by atomic mass is 9.68. The van der Waals surface area contributed by atoms with Crippen LogP contribution in [-0.2, 0) is 28.5 Å². The molecule has 0 aliphatic heterocycles. The van der Waals surface area contributed by atoms with Gasteiger partial charge in [0.2, 0.25) is 0 Å². The maximum absolute atomic E-state index is 12.4. The number of aliphatic hydroxyl groups excluding tert-OH is 1. The minimum atomic E-state index is -1.19. The third-order valence-corrected chi connectivity index (χ3v) is 21.9. The number of aliphatic hydroxyl groups is 1. The Morgan fingerprint density at radius 2 is 1.05 bits per heavy atom. The molecular formula is C55H96N8O7Si4. The van der Waals surface area contributed by atoms with Crippen LogP contribution < -0.4 is 9.80 Å². The van der Waals surface area contributed by atoms with E-state index in [2.05, 4.69) is 124 Å². The van der Waals surface area contributed by atoms with Gasteiger partial charge < -0.3 is 33.9 Å². The van der Waals surface area contributed by atoms with E-state index in [0.29, 0.717) is 45.5 Å². The molecule has 0 amide bonds. The Kier molecular flexibility index (Phi) is 22.2. The molecule has 0 saturated heterocycles. The number of Topliss-reactive ketones (excluding diaryl/α,β-unsaturated/α-hetero) is 2.